The van der Waals surface area contributed by atoms with Gasteiger partial charge in [0, 0.05) is 6.07 Å². The van der Waals surface area contributed by atoms with Gasteiger partial charge >= 0.3 is 5.97 Å². The van der Waals surface area contributed by atoms with Crippen molar-refractivity contribution in [2.45, 2.75) is 6.92 Å². The standard InChI is InChI=1S/C14H10FNO5/c1-8-2-4-12(10(6-8)14(17)18)21-13-5-3-9(16(19)20)7-11(13)15/h2-7H,1H3,(H,17,18). The molecule has 0 aliphatic heterocycles. The van der Waals surface area contributed by atoms with Crippen LogP contribution in [0.1, 0.15) is 15.9 Å². The number of nitro benzene ring substituents is 1. The number of aromatic carboxylic acids is 1. The van der Waals surface area contributed by atoms with E-state index in [1.807, 2.05) is 0 Å². The van der Waals surface area contributed by atoms with E-state index in [1.54, 1.807) is 13.0 Å². The molecule has 1 N–H and O–H groups in total. The minimum Gasteiger partial charge on any atom is -0.478 e. The van der Waals surface area contributed by atoms with Gasteiger partial charge in [0.05, 0.1) is 11.0 Å². The second-order valence-corrected chi connectivity index (χ2v) is 4.28. The van der Waals surface area contributed by atoms with Gasteiger partial charge in [-0.05, 0) is 25.1 Å². The summed E-state index contributed by atoms with van der Waals surface area (Å²) in [5.74, 6) is -2.48. The summed E-state index contributed by atoms with van der Waals surface area (Å²) < 4.78 is 18.9. The number of benzene rings is 2. The first-order valence-electron chi connectivity index (χ1n) is 5.84. The zero-order valence-corrected chi connectivity index (χ0v) is 10.9. The average Bonchev–Trinajstić information content (AvgIpc) is 2.42. The molecular formula is C14H10FNO5. The molecule has 0 heterocycles. The van der Waals surface area contributed by atoms with Crippen LogP contribution in [0.25, 0.3) is 0 Å². The van der Waals surface area contributed by atoms with E-state index in [0.717, 1.165) is 12.1 Å². The molecule has 2 aromatic rings. The number of aryl methyl sites for hydroxylation is 1. The van der Waals surface area contributed by atoms with Crippen LogP contribution >= 0.6 is 0 Å². The largest absolute Gasteiger partial charge is 0.478 e. The molecule has 7 heteroatoms. The minimum atomic E-state index is -1.21. The quantitative estimate of drug-likeness (QED) is 0.687. The third kappa shape index (κ3) is 3.14. The van der Waals surface area contributed by atoms with Crippen LogP contribution in [-0.2, 0) is 0 Å². The van der Waals surface area contributed by atoms with Crippen LogP contribution in [0.5, 0.6) is 11.5 Å². The lowest BCUT2D eigenvalue weighted by molar-refractivity contribution is -0.385. The van der Waals surface area contributed by atoms with Crippen LogP contribution in [0.2, 0.25) is 0 Å². The Morgan fingerprint density at radius 1 is 1.24 bits per heavy atom. The number of carboxylic acids is 1. The van der Waals surface area contributed by atoms with Crippen molar-refractivity contribution >= 4 is 11.7 Å². The van der Waals surface area contributed by atoms with E-state index in [-0.39, 0.29) is 17.1 Å². The summed E-state index contributed by atoms with van der Waals surface area (Å²) in [4.78, 5) is 20.9. The zero-order chi connectivity index (χ0) is 15.6. The molecule has 0 unspecified atom stereocenters. The molecular weight excluding hydrogens is 281 g/mol. The normalized spacial score (nSPS) is 10.2. The summed E-state index contributed by atoms with van der Waals surface area (Å²) in [5, 5.41) is 19.6. The van der Waals surface area contributed by atoms with Crippen molar-refractivity contribution in [1.29, 1.82) is 0 Å². The highest BCUT2D eigenvalue weighted by atomic mass is 19.1. The minimum absolute atomic E-state index is 0.0409. The molecule has 2 aromatic carbocycles. The van der Waals surface area contributed by atoms with E-state index in [4.69, 9.17) is 9.84 Å². The molecule has 108 valence electrons. The van der Waals surface area contributed by atoms with Gasteiger partial charge in [-0.15, -0.1) is 0 Å². The van der Waals surface area contributed by atoms with Gasteiger partial charge < -0.3 is 9.84 Å². The first-order valence-corrected chi connectivity index (χ1v) is 5.84. The maximum Gasteiger partial charge on any atom is 0.339 e. The third-order valence-corrected chi connectivity index (χ3v) is 2.71. The monoisotopic (exact) mass is 291 g/mol. The van der Waals surface area contributed by atoms with Gasteiger partial charge in [-0.1, -0.05) is 11.6 Å². The fourth-order valence-corrected chi connectivity index (χ4v) is 1.70. The molecule has 0 atom stereocenters. The lowest BCUT2D eigenvalue weighted by Gasteiger charge is -2.10. The molecule has 0 saturated heterocycles. The highest BCUT2D eigenvalue weighted by Crippen LogP contribution is 2.30. The van der Waals surface area contributed by atoms with Gasteiger partial charge in [0.25, 0.3) is 5.69 Å². The van der Waals surface area contributed by atoms with Crippen molar-refractivity contribution in [2.24, 2.45) is 0 Å². The van der Waals surface area contributed by atoms with Gasteiger partial charge in [-0.25, -0.2) is 9.18 Å². The highest BCUT2D eigenvalue weighted by Gasteiger charge is 2.16. The maximum absolute atomic E-state index is 13.7. The molecule has 0 bridgehead atoms. The number of hydrogen-bond donors (Lipinski definition) is 1. The van der Waals surface area contributed by atoms with Gasteiger partial charge in [0.1, 0.15) is 11.3 Å². The van der Waals surface area contributed by atoms with Gasteiger partial charge in [0.15, 0.2) is 11.6 Å². The van der Waals surface area contributed by atoms with E-state index >= 15 is 0 Å². The predicted octanol–water partition coefficient (Wildman–Crippen LogP) is 3.53. The maximum atomic E-state index is 13.7. The van der Waals surface area contributed by atoms with Crippen LogP contribution in [0.15, 0.2) is 36.4 Å². The molecule has 0 amide bonds. The van der Waals surface area contributed by atoms with Gasteiger partial charge in [0.2, 0.25) is 0 Å². The van der Waals surface area contributed by atoms with Crippen molar-refractivity contribution < 1.29 is 24.0 Å². The number of halogens is 1. The number of hydrogen-bond acceptors (Lipinski definition) is 4. The Hall–Kier alpha value is -2.96. The van der Waals surface area contributed by atoms with E-state index in [2.05, 4.69) is 0 Å². The molecule has 0 spiro atoms. The molecule has 0 fully saturated rings. The molecule has 0 aliphatic rings. The van der Waals surface area contributed by atoms with E-state index in [0.29, 0.717) is 11.6 Å². The lowest BCUT2D eigenvalue weighted by atomic mass is 10.1. The molecule has 0 saturated carbocycles. The fourth-order valence-electron chi connectivity index (χ4n) is 1.70. The van der Waals surface area contributed by atoms with Gasteiger partial charge in [-0.3, -0.25) is 10.1 Å². The van der Waals surface area contributed by atoms with Crippen LogP contribution in [0.4, 0.5) is 10.1 Å². The van der Waals surface area contributed by atoms with Crippen molar-refractivity contribution in [1.82, 2.24) is 0 Å². The Kier molecular flexibility index (Phi) is 3.84. The number of ether oxygens (including phenoxy) is 1. The van der Waals surface area contributed by atoms with Crippen molar-refractivity contribution in [3.8, 4) is 11.5 Å². The summed E-state index contributed by atoms with van der Waals surface area (Å²) in [5.41, 5.74) is 0.180. The summed E-state index contributed by atoms with van der Waals surface area (Å²) >= 11 is 0. The van der Waals surface area contributed by atoms with Crippen LogP contribution in [-0.4, -0.2) is 16.0 Å². The second-order valence-electron chi connectivity index (χ2n) is 4.28. The number of rotatable bonds is 4. The zero-order valence-electron chi connectivity index (χ0n) is 10.9. The highest BCUT2D eigenvalue weighted by molar-refractivity contribution is 5.91. The van der Waals surface area contributed by atoms with E-state index in [1.165, 1.54) is 12.1 Å². The van der Waals surface area contributed by atoms with E-state index < -0.39 is 22.4 Å². The summed E-state index contributed by atoms with van der Waals surface area (Å²) in [6.45, 7) is 1.71. The molecule has 6 nitrogen and oxygen atoms in total. The predicted molar refractivity (Wildman–Crippen MR) is 71.3 cm³/mol. The van der Waals surface area contributed by atoms with Crippen molar-refractivity contribution in [3.63, 3.8) is 0 Å². The van der Waals surface area contributed by atoms with Crippen molar-refractivity contribution in [2.75, 3.05) is 0 Å². The smallest absolute Gasteiger partial charge is 0.339 e. The Balaban J connectivity index is 2.39. The Bertz CT molecular complexity index is 729. The fraction of sp³-hybridized carbons (Fsp3) is 0.0714. The third-order valence-electron chi connectivity index (χ3n) is 2.71. The number of non-ortho nitro benzene ring substituents is 1. The summed E-state index contributed by atoms with van der Waals surface area (Å²) in [6.07, 6.45) is 0. The van der Waals surface area contributed by atoms with Crippen LogP contribution in [0, 0.1) is 22.9 Å². The first kappa shape index (κ1) is 14.4. The van der Waals surface area contributed by atoms with Crippen LogP contribution in [0.3, 0.4) is 0 Å². The van der Waals surface area contributed by atoms with E-state index in [9.17, 15) is 19.3 Å². The Morgan fingerprint density at radius 2 is 1.90 bits per heavy atom. The Morgan fingerprint density at radius 3 is 2.48 bits per heavy atom. The van der Waals surface area contributed by atoms with Crippen LogP contribution < -0.4 is 4.74 Å². The molecule has 0 radical (unpaired) electrons. The second kappa shape index (κ2) is 5.58. The average molecular weight is 291 g/mol. The SMILES string of the molecule is Cc1ccc(Oc2ccc([N+](=O)[O-])cc2F)c(C(=O)O)c1. The summed E-state index contributed by atoms with van der Waals surface area (Å²) in [7, 11) is 0. The number of nitro groups is 1. The van der Waals surface area contributed by atoms with Gasteiger partial charge in [-0.2, -0.15) is 0 Å². The molecule has 21 heavy (non-hydrogen) atoms. The number of carboxylic acid groups (broad SMARTS) is 1. The Labute approximate surface area is 118 Å². The molecule has 2 rings (SSSR count). The topological polar surface area (TPSA) is 89.7 Å². The lowest BCUT2D eigenvalue weighted by Crippen LogP contribution is -2.01. The summed E-state index contributed by atoms with van der Waals surface area (Å²) in [6, 6.07) is 7.28. The molecule has 0 aromatic heterocycles. The number of carbonyl (C=O) groups is 1. The first-order chi connectivity index (χ1) is 9.88. The molecule has 0 aliphatic carbocycles. The van der Waals surface area contributed by atoms with Crippen molar-refractivity contribution in [3.05, 3.63) is 63.5 Å². The number of nitrogens with zero attached hydrogens (tertiary/aromatic N) is 1.